The number of methoxy groups -OCH3 is 1. The van der Waals surface area contributed by atoms with E-state index in [9.17, 15) is 0 Å². The zero-order chi connectivity index (χ0) is 14.4. The van der Waals surface area contributed by atoms with Crippen molar-refractivity contribution in [2.24, 2.45) is 11.7 Å². The minimum atomic E-state index is 0.442. The molecule has 2 N–H and O–H groups in total. The molecule has 3 heteroatoms. The van der Waals surface area contributed by atoms with E-state index in [4.69, 9.17) is 10.5 Å². The summed E-state index contributed by atoms with van der Waals surface area (Å²) in [7, 11) is 1.73. The Labute approximate surface area is 123 Å². The zero-order valence-corrected chi connectivity index (χ0v) is 12.8. The van der Waals surface area contributed by atoms with Crippen LogP contribution in [0.15, 0.2) is 24.3 Å². The van der Waals surface area contributed by atoms with Gasteiger partial charge in [-0.2, -0.15) is 0 Å². The van der Waals surface area contributed by atoms with Crippen LogP contribution in [0.4, 0.5) is 0 Å². The van der Waals surface area contributed by atoms with Crippen molar-refractivity contribution in [1.29, 1.82) is 0 Å². The lowest BCUT2D eigenvalue weighted by atomic mass is 9.89. The van der Waals surface area contributed by atoms with Crippen LogP contribution in [0.5, 0.6) is 5.75 Å². The molecule has 1 heterocycles. The summed E-state index contributed by atoms with van der Waals surface area (Å²) < 4.78 is 5.39. The number of hydrogen-bond acceptors (Lipinski definition) is 3. The molecular formula is C17H28N2O. The molecule has 2 rings (SSSR count). The SMILES string of the molecule is CCCN1CCCCC(CN)C1c1cccc(OC)c1. The molecule has 1 fully saturated rings. The van der Waals surface area contributed by atoms with Gasteiger partial charge in [-0.15, -0.1) is 0 Å². The topological polar surface area (TPSA) is 38.5 Å². The van der Waals surface area contributed by atoms with Crippen LogP contribution in [-0.2, 0) is 0 Å². The lowest BCUT2D eigenvalue weighted by Crippen LogP contribution is -2.36. The Morgan fingerprint density at radius 1 is 1.35 bits per heavy atom. The van der Waals surface area contributed by atoms with Gasteiger partial charge in [0.25, 0.3) is 0 Å². The van der Waals surface area contributed by atoms with Gasteiger partial charge < -0.3 is 10.5 Å². The maximum atomic E-state index is 6.07. The molecule has 1 aliphatic rings. The highest BCUT2D eigenvalue weighted by Gasteiger charge is 2.29. The first-order valence-corrected chi connectivity index (χ1v) is 7.88. The molecule has 20 heavy (non-hydrogen) atoms. The van der Waals surface area contributed by atoms with E-state index in [0.29, 0.717) is 12.0 Å². The second kappa shape index (κ2) is 7.65. The Bertz CT molecular complexity index is 408. The van der Waals surface area contributed by atoms with Crippen LogP contribution < -0.4 is 10.5 Å². The van der Waals surface area contributed by atoms with Crippen molar-refractivity contribution in [2.75, 3.05) is 26.7 Å². The molecule has 2 unspecified atom stereocenters. The Morgan fingerprint density at radius 3 is 2.90 bits per heavy atom. The van der Waals surface area contributed by atoms with E-state index in [1.807, 2.05) is 6.07 Å². The summed E-state index contributed by atoms with van der Waals surface area (Å²) >= 11 is 0. The molecule has 112 valence electrons. The van der Waals surface area contributed by atoms with Crippen molar-refractivity contribution in [3.63, 3.8) is 0 Å². The fraction of sp³-hybridized carbons (Fsp3) is 0.647. The van der Waals surface area contributed by atoms with Gasteiger partial charge in [0.2, 0.25) is 0 Å². The van der Waals surface area contributed by atoms with Crippen LogP contribution >= 0.6 is 0 Å². The average molecular weight is 276 g/mol. The molecule has 1 aromatic rings. The quantitative estimate of drug-likeness (QED) is 0.897. The van der Waals surface area contributed by atoms with E-state index >= 15 is 0 Å². The van der Waals surface area contributed by atoms with Crippen molar-refractivity contribution >= 4 is 0 Å². The molecule has 0 radical (unpaired) electrons. The predicted octanol–water partition coefficient (Wildman–Crippen LogP) is 3.21. The minimum Gasteiger partial charge on any atom is -0.497 e. The van der Waals surface area contributed by atoms with Crippen LogP contribution in [0.2, 0.25) is 0 Å². The van der Waals surface area contributed by atoms with E-state index in [0.717, 1.165) is 18.8 Å². The Balaban J connectivity index is 2.32. The smallest absolute Gasteiger partial charge is 0.119 e. The molecule has 0 bridgehead atoms. The normalized spacial score (nSPS) is 24.4. The van der Waals surface area contributed by atoms with E-state index < -0.39 is 0 Å². The first-order valence-electron chi connectivity index (χ1n) is 7.88. The fourth-order valence-electron chi connectivity index (χ4n) is 3.41. The summed E-state index contributed by atoms with van der Waals surface area (Å²) in [5.74, 6) is 1.50. The van der Waals surface area contributed by atoms with Gasteiger partial charge in [-0.05, 0) is 62.5 Å². The highest BCUT2D eigenvalue weighted by molar-refractivity contribution is 5.31. The lowest BCUT2D eigenvalue weighted by molar-refractivity contribution is 0.158. The third-order valence-corrected chi connectivity index (χ3v) is 4.36. The van der Waals surface area contributed by atoms with E-state index in [-0.39, 0.29) is 0 Å². The van der Waals surface area contributed by atoms with E-state index in [1.54, 1.807) is 7.11 Å². The third kappa shape index (κ3) is 3.53. The van der Waals surface area contributed by atoms with Gasteiger partial charge in [0.1, 0.15) is 5.75 Å². The Hall–Kier alpha value is -1.06. The summed E-state index contributed by atoms with van der Waals surface area (Å²) in [6.45, 7) is 5.36. The second-order valence-electron chi connectivity index (χ2n) is 5.75. The van der Waals surface area contributed by atoms with Crippen molar-refractivity contribution < 1.29 is 4.74 Å². The summed E-state index contributed by atoms with van der Waals surface area (Å²) in [6.07, 6.45) is 5.01. The van der Waals surface area contributed by atoms with Crippen molar-refractivity contribution in [3.05, 3.63) is 29.8 Å². The van der Waals surface area contributed by atoms with Gasteiger partial charge >= 0.3 is 0 Å². The molecule has 1 aliphatic heterocycles. The number of ether oxygens (including phenoxy) is 1. The number of rotatable bonds is 5. The van der Waals surface area contributed by atoms with Crippen LogP contribution in [-0.4, -0.2) is 31.6 Å². The summed E-state index contributed by atoms with van der Waals surface area (Å²) in [5, 5.41) is 0. The number of benzene rings is 1. The Kier molecular flexibility index (Phi) is 5.86. The highest BCUT2D eigenvalue weighted by Crippen LogP contribution is 2.35. The van der Waals surface area contributed by atoms with Crippen molar-refractivity contribution in [3.8, 4) is 5.75 Å². The first kappa shape index (κ1) is 15.3. The van der Waals surface area contributed by atoms with Gasteiger partial charge in [0, 0.05) is 6.04 Å². The van der Waals surface area contributed by atoms with Gasteiger partial charge in [-0.1, -0.05) is 25.5 Å². The highest BCUT2D eigenvalue weighted by atomic mass is 16.5. The maximum absolute atomic E-state index is 6.07. The number of likely N-dealkylation sites (tertiary alicyclic amines) is 1. The van der Waals surface area contributed by atoms with Crippen LogP contribution in [0.25, 0.3) is 0 Å². The van der Waals surface area contributed by atoms with Gasteiger partial charge in [0.05, 0.1) is 7.11 Å². The largest absolute Gasteiger partial charge is 0.497 e. The monoisotopic (exact) mass is 276 g/mol. The van der Waals surface area contributed by atoms with Crippen molar-refractivity contribution in [2.45, 2.75) is 38.6 Å². The predicted molar refractivity (Wildman–Crippen MR) is 84.0 cm³/mol. The number of nitrogens with two attached hydrogens (primary N) is 1. The molecule has 3 nitrogen and oxygen atoms in total. The minimum absolute atomic E-state index is 0.442. The zero-order valence-electron chi connectivity index (χ0n) is 12.8. The summed E-state index contributed by atoms with van der Waals surface area (Å²) in [6, 6.07) is 8.96. The average Bonchev–Trinajstić information content (AvgIpc) is 2.69. The molecule has 0 amide bonds. The molecule has 2 atom stereocenters. The first-order chi connectivity index (χ1) is 9.80. The van der Waals surface area contributed by atoms with Gasteiger partial charge in [0.15, 0.2) is 0 Å². The van der Waals surface area contributed by atoms with Gasteiger partial charge in [-0.3, -0.25) is 4.90 Å². The summed E-state index contributed by atoms with van der Waals surface area (Å²) in [4.78, 5) is 2.62. The molecule has 1 saturated heterocycles. The number of hydrogen-bond donors (Lipinski definition) is 1. The van der Waals surface area contributed by atoms with Crippen LogP contribution in [0.1, 0.15) is 44.2 Å². The molecule has 0 aliphatic carbocycles. The molecule has 0 saturated carbocycles. The van der Waals surface area contributed by atoms with Crippen LogP contribution in [0.3, 0.4) is 0 Å². The number of nitrogens with zero attached hydrogens (tertiary/aromatic N) is 1. The molecule has 0 aromatic heterocycles. The standard InChI is InChI=1S/C17H28N2O/c1-3-10-19-11-5-4-7-15(13-18)17(19)14-8-6-9-16(12-14)20-2/h6,8-9,12,15,17H,3-5,7,10-11,13,18H2,1-2H3. The Morgan fingerprint density at radius 2 is 2.20 bits per heavy atom. The second-order valence-corrected chi connectivity index (χ2v) is 5.75. The van der Waals surface area contributed by atoms with Crippen molar-refractivity contribution in [1.82, 2.24) is 4.90 Å². The molecule has 1 aromatic carbocycles. The van der Waals surface area contributed by atoms with E-state index in [2.05, 4.69) is 30.0 Å². The lowest BCUT2D eigenvalue weighted by Gasteiger charge is -2.35. The summed E-state index contributed by atoms with van der Waals surface area (Å²) in [5.41, 5.74) is 7.43. The third-order valence-electron chi connectivity index (χ3n) is 4.36. The maximum Gasteiger partial charge on any atom is 0.119 e. The fourth-order valence-corrected chi connectivity index (χ4v) is 3.41. The van der Waals surface area contributed by atoms with Crippen LogP contribution in [0, 0.1) is 5.92 Å². The van der Waals surface area contributed by atoms with Gasteiger partial charge in [-0.25, -0.2) is 0 Å². The molecular weight excluding hydrogens is 248 g/mol. The van der Waals surface area contributed by atoms with E-state index in [1.165, 1.54) is 37.8 Å². The molecule has 0 spiro atoms.